The minimum atomic E-state index is 0.130. The van der Waals surface area contributed by atoms with Crippen LogP contribution in [0.4, 0.5) is 0 Å². The fourth-order valence-corrected chi connectivity index (χ4v) is 2.68. The second kappa shape index (κ2) is 4.13. The van der Waals surface area contributed by atoms with Gasteiger partial charge in [-0.2, -0.15) is 5.10 Å². The first kappa shape index (κ1) is 10.3. The Balaban J connectivity index is 2.07. The van der Waals surface area contributed by atoms with E-state index >= 15 is 0 Å². The van der Waals surface area contributed by atoms with Gasteiger partial charge in [0.25, 0.3) is 0 Å². The van der Waals surface area contributed by atoms with Gasteiger partial charge in [-0.25, -0.2) is 4.98 Å². The average molecular weight is 207 g/mol. The number of aromatic nitrogens is 3. The summed E-state index contributed by atoms with van der Waals surface area (Å²) in [6.45, 7) is 4.44. The Labute approximate surface area is 89.5 Å². The van der Waals surface area contributed by atoms with E-state index in [1.165, 1.54) is 12.7 Å². The van der Waals surface area contributed by atoms with E-state index in [9.17, 15) is 4.79 Å². The van der Waals surface area contributed by atoms with Crippen LogP contribution in [0.3, 0.4) is 0 Å². The van der Waals surface area contributed by atoms with Crippen molar-refractivity contribution in [1.29, 1.82) is 0 Å². The van der Waals surface area contributed by atoms with Gasteiger partial charge >= 0.3 is 0 Å². The van der Waals surface area contributed by atoms with Crippen LogP contribution >= 0.6 is 0 Å². The molecule has 1 aliphatic rings. The summed E-state index contributed by atoms with van der Waals surface area (Å²) in [4.78, 5) is 15.9. The van der Waals surface area contributed by atoms with Crippen molar-refractivity contribution in [3.8, 4) is 0 Å². The minimum Gasteiger partial charge on any atom is -0.290 e. The molecule has 0 radical (unpaired) electrons. The van der Waals surface area contributed by atoms with Crippen LogP contribution < -0.4 is 0 Å². The predicted octanol–water partition coefficient (Wildman–Crippen LogP) is 2.06. The monoisotopic (exact) mass is 207 g/mol. The number of hydrogen-bond acceptors (Lipinski definition) is 3. The van der Waals surface area contributed by atoms with Crippen LogP contribution in [0.25, 0.3) is 0 Å². The highest BCUT2D eigenvalue weighted by Crippen LogP contribution is 2.34. The summed E-state index contributed by atoms with van der Waals surface area (Å²) in [7, 11) is 0. The van der Waals surface area contributed by atoms with Gasteiger partial charge in [-0.05, 0) is 31.1 Å². The van der Waals surface area contributed by atoms with Gasteiger partial charge < -0.3 is 0 Å². The van der Waals surface area contributed by atoms with Crippen LogP contribution in [0, 0.1) is 17.8 Å². The van der Waals surface area contributed by atoms with Crippen molar-refractivity contribution >= 4 is 5.78 Å². The van der Waals surface area contributed by atoms with Crippen molar-refractivity contribution < 1.29 is 4.79 Å². The average Bonchev–Trinajstić information content (AvgIpc) is 2.67. The molecule has 4 nitrogen and oxygen atoms in total. The molecule has 1 N–H and O–H groups in total. The smallest absolute Gasteiger partial charge is 0.202 e. The Bertz CT molecular complexity index is 324. The minimum absolute atomic E-state index is 0.130. The summed E-state index contributed by atoms with van der Waals surface area (Å²) in [5.41, 5.74) is 0. The van der Waals surface area contributed by atoms with E-state index in [-0.39, 0.29) is 11.7 Å². The third kappa shape index (κ3) is 2.25. The van der Waals surface area contributed by atoms with Crippen LogP contribution in [-0.4, -0.2) is 21.0 Å². The molecule has 0 amide bonds. The van der Waals surface area contributed by atoms with Gasteiger partial charge in [-0.15, -0.1) is 0 Å². The summed E-state index contributed by atoms with van der Waals surface area (Å²) in [6, 6.07) is 0. The van der Waals surface area contributed by atoms with Crippen LogP contribution in [0.2, 0.25) is 0 Å². The summed E-state index contributed by atoms with van der Waals surface area (Å²) < 4.78 is 0. The van der Waals surface area contributed by atoms with E-state index in [0.717, 1.165) is 12.8 Å². The van der Waals surface area contributed by atoms with Gasteiger partial charge in [0, 0.05) is 5.92 Å². The zero-order chi connectivity index (χ0) is 10.8. The summed E-state index contributed by atoms with van der Waals surface area (Å²) in [5, 5.41) is 6.37. The lowest BCUT2D eigenvalue weighted by Crippen LogP contribution is -2.26. The predicted molar refractivity (Wildman–Crippen MR) is 56.4 cm³/mol. The van der Waals surface area contributed by atoms with Gasteiger partial charge in [0.15, 0.2) is 5.82 Å². The second-order valence-corrected chi connectivity index (χ2v) is 4.81. The molecule has 1 saturated carbocycles. The molecule has 1 fully saturated rings. The van der Waals surface area contributed by atoms with Gasteiger partial charge in [0.1, 0.15) is 6.33 Å². The van der Waals surface area contributed by atoms with Crippen molar-refractivity contribution in [3.05, 3.63) is 12.2 Å². The first-order valence-corrected chi connectivity index (χ1v) is 5.56. The molecule has 4 heteroatoms. The summed E-state index contributed by atoms with van der Waals surface area (Å²) >= 11 is 0. The van der Waals surface area contributed by atoms with Crippen molar-refractivity contribution in [2.24, 2.45) is 17.8 Å². The Morgan fingerprint density at radius 2 is 2.00 bits per heavy atom. The normalized spacial score (nSPS) is 31.5. The van der Waals surface area contributed by atoms with E-state index < -0.39 is 0 Å². The van der Waals surface area contributed by atoms with Crippen LogP contribution in [-0.2, 0) is 0 Å². The standard InChI is InChI=1S/C11H17N3O/c1-7-3-8(2)5-9(4-7)10(15)11-12-6-13-14-11/h6-9H,3-5H2,1-2H3,(H,12,13,14). The number of nitrogens with one attached hydrogen (secondary N) is 1. The topological polar surface area (TPSA) is 58.6 Å². The third-order valence-electron chi connectivity index (χ3n) is 3.20. The Kier molecular flexibility index (Phi) is 2.84. The maximum Gasteiger partial charge on any atom is 0.202 e. The Morgan fingerprint density at radius 1 is 1.33 bits per heavy atom. The molecule has 1 aromatic heterocycles. The molecular weight excluding hydrogens is 190 g/mol. The van der Waals surface area contributed by atoms with Crippen molar-refractivity contribution in [2.75, 3.05) is 0 Å². The highest BCUT2D eigenvalue weighted by atomic mass is 16.1. The van der Waals surface area contributed by atoms with Gasteiger partial charge in [0.2, 0.25) is 5.78 Å². The van der Waals surface area contributed by atoms with Gasteiger partial charge in [0.05, 0.1) is 0 Å². The molecule has 15 heavy (non-hydrogen) atoms. The molecule has 0 aromatic carbocycles. The molecule has 0 spiro atoms. The van der Waals surface area contributed by atoms with Crippen molar-refractivity contribution in [2.45, 2.75) is 33.1 Å². The van der Waals surface area contributed by atoms with Crippen LogP contribution in [0.1, 0.15) is 43.7 Å². The quantitative estimate of drug-likeness (QED) is 0.755. The van der Waals surface area contributed by atoms with E-state index in [2.05, 4.69) is 29.0 Å². The first-order chi connectivity index (χ1) is 7.16. The lowest BCUT2D eigenvalue weighted by Gasteiger charge is -2.29. The second-order valence-electron chi connectivity index (χ2n) is 4.81. The van der Waals surface area contributed by atoms with Crippen molar-refractivity contribution in [3.63, 3.8) is 0 Å². The zero-order valence-electron chi connectivity index (χ0n) is 9.23. The highest BCUT2D eigenvalue weighted by molar-refractivity contribution is 5.94. The molecule has 2 atom stereocenters. The Morgan fingerprint density at radius 3 is 2.53 bits per heavy atom. The summed E-state index contributed by atoms with van der Waals surface area (Å²) in [5.74, 6) is 1.97. The fraction of sp³-hybridized carbons (Fsp3) is 0.727. The number of H-pyrrole nitrogens is 1. The number of carbonyl (C=O) groups is 1. The molecule has 1 heterocycles. The number of carbonyl (C=O) groups excluding carboxylic acids is 1. The lowest BCUT2D eigenvalue weighted by atomic mass is 9.75. The van der Waals surface area contributed by atoms with Gasteiger partial charge in [-0.1, -0.05) is 13.8 Å². The molecule has 0 aliphatic heterocycles. The van der Waals surface area contributed by atoms with Crippen LogP contribution in [0.15, 0.2) is 6.33 Å². The van der Waals surface area contributed by atoms with E-state index in [1.807, 2.05) is 0 Å². The molecule has 1 aliphatic carbocycles. The van der Waals surface area contributed by atoms with Gasteiger partial charge in [-0.3, -0.25) is 9.89 Å². The number of hydrogen-bond donors (Lipinski definition) is 1. The number of ketones is 1. The van der Waals surface area contributed by atoms with Crippen molar-refractivity contribution in [1.82, 2.24) is 15.2 Å². The Hall–Kier alpha value is -1.19. The highest BCUT2D eigenvalue weighted by Gasteiger charge is 2.30. The maximum absolute atomic E-state index is 12.0. The number of rotatable bonds is 2. The number of aromatic amines is 1. The van der Waals surface area contributed by atoms with Crippen LogP contribution in [0.5, 0.6) is 0 Å². The first-order valence-electron chi connectivity index (χ1n) is 5.56. The van der Waals surface area contributed by atoms with E-state index in [4.69, 9.17) is 0 Å². The van der Waals surface area contributed by atoms with E-state index in [1.54, 1.807) is 0 Å². The molecular formula is C11H17N3O. The SMILES string of the molecule is CC1CC(C)CC(C(=O)c2ncn[nH]2)C1. The maximum atomic E-state index is 12.0. The summed E-state index contributed by atoms with van der Waals surface area (Å²) in [6.07, 6.45) is 4.61. The molecule has 2 unspecified atom stereocenters. The molecule has 0 saturated heterocycles. The lowest BCUT2D eigenvalue weighted by molar-refractivity contribution is 0.0825. The largest absolute Gasteiger partial charge is 0.290 e. The molecule has 0 bridgehead atoms. The fourth-order valence-electron chi connectivity index (χ4n) is 2.68. The number of nitrogens with zero attached hydrogens (tertiary/aromatic N) is 2. The molecule has 82 valence electrons. The third-order valence-corrected chi connectivity index (χ3v) is 3.20. The zero-order valence-corrected chi connectivity index (χ0v) is 9.23. The van der Waals surface area contributed by atoms with E-state index in [0.29, 0.717) is 17.7 Å². The molecule has 1 aromatic rings. The molecule has 2 rings (SSSR count). The number of Topliss-reactive ketones (excluding diaryl/α,β-unsaturated/α-hetero) is 1.